The van der Waals surface area contributed by atoms with Crippen LogP contribution < -0.4 is 15.2 Å². The van der Waals surface area contributed by atoms with Gasteiger partial charge in [0.1, 0.15) is 0 Å². The first-order valence-electron chi connectivity index (χ1n) is 5.27. The number of nitrogens with zero attached hydrogens (tertiary/aromatic N) is 1. The summed E-state index contributed by atoms with van der Waals surface area (Å²) >= 11 is 0. The third-order valence-electron chi connectivity index (χ3n) is 2.31. The maximum Gasteiger partial charge on any atom is 0.279 e. The zero-order valence-electron chi connectivity index (χ0n) is 9.42. The van der Waals surface area contributed by atoms with Gasteiger partial charge >= 0.3 is 0 Å². The second kappa shape index (κ2) is 6.07. The Morgan fingerprint density at radius 3 is 2.29 bits per heavy atom. The molecule has 4 N–H and O–H groups in total. The molecule has 0 aromatic heterocycles. The fourth-order valence-corrected chi connectivity index (χ4v) is 3.25. The Labute approximate surface area is 102 Å². The van der Waals surface area contributed by atoms with Crippen molar-refractivity contribution in [3.05, 3.63) is 0 Å². The Balaban J connectivity index is 2.34. The number of nitrogens with one attached hydrogen (secondary N) is 2. The normalized spacial score (nSPS) is 19.4. The first-order chi connectivity index (χ1) is 7.81. The second-order valence-electron chi connectivity index (χ2n) is 3.77. The van der Waals surface area contributed by atoms with Gasteiger partial charge in [0, 0.05) is 32.7 Å². The number of rotatable bonds is 6. The number of sulfonamides is 1. The molecule has 1 rings (SSSR count). The van der Waals surface area contributed by atoms with E-state index < -0.39 is 20.2 Å². The number of piperazine rings is 1. The van der Waals surface area contributed by atoms with Crippen LogP contribution in [0.25, 0.3) is 0 Å². The molecule has 1 saturated heterocycles. The monoisotopic (exact) mass is 286 g/mol. The predicted molar refractivity (Wildman–Crippen MR) is 64.0 cm³/mol. The molecule has 0 atom stereocenters. The van der Waals surface area contributed by atoms with Crippen molar-refractivity contribution in [2.45, 2.75) is 6.42 Å². The Morgan fingerprint density at radius 1 is 1.18 bits per heavy atom. The van der Waals surface area contributed by atoms with Crippen LogP contribution in [0.4, 0.5) is 0 Å². The van der Waals surface area contributed by atoms with Crippen LogP contribution in [-0.4, -0.2) is 59.6 Å². The lowest BCUT2D eigenvalue weighted by Gasteiger charge is -2.26. The van der Waals surface area contributed by atoms with Crippen LogP contribution in [0, 0.1) is 0 Å². The van der Waals surface area contributed by atoms with Crippen LogP contribution in [-0.2, 0) is 20.2 Å². The molecule has 0 unspecified atom stereocenters. The number of hydrogen-bond donors (Lipinski definition) is 3. The lowest BCUT2D eigenvalue weighted by atomic mass is 10.4. The van der Waals surface area contributed by atoms with Crippen molar-refractivity contribution in [3.63, 3.8) is 0 Å². The summed E-state index contributed by atoms with van der Waals surface area (Å²) in [5.41, 5.74) is 0. The Morgan fingerprint density at radius 2 is 1.76 bits per heavy atom. The minimum absolute atomic E-state index is 0.0721. The third kappa shape index (κ3) is 5.75. The fourth-order valence-electron chi connectivity index (χ4n) is 1.45. The van der Waals surface area contributed by atoms with Crippen LogP contribution in [0.1, 0.15) is 6.42 Å². The highest BCUT2D eigenvalue weighted by Gasteiger charge is 2.22. The van der Waals surface area contributed by atoms with Gasteiger partial charge in [0.05, 0.1) is 5.75 Å². The van der Waals surface area contributed by atoms with E-state index in [0.29, 0.717) is 26.2 Å². The molecule has 17 heavy (non-hydrogen) atoms. The van der Waals surface area contributed by atoms with Crippen LogP contribution in [0.2, 0.25) is 0 Å². The van der Waals surface area contributed by atoms with Gasteiger partial charge in [-0.2, -0.15) is 12.7 Å². The van der Waals surface area contributed by atoms with Crippen LogP contribution in [0.5, 0.6) is 0 Å². The van der Waals surface area contributed by atoms with Crippen molar-refractivity contribution < 1.29 is 16.8 Å². The molecule has 1 aliphatic heterocycles. The van der Waals surface area contributed by atoms with Gasteiger partial charge in [-0.25, -0.2) is 18.3 Å². The van der Waals surface area contributed by atoms with Crippen molar-refractivity contribution in [1.82, 2.24) is 14.3 Å². The van der Waals surface area contributed by atoms with Crippen LogP contribution >= 0.6 is 0 Å². The molecule has 102 valence electrons. The Hall–Kier alpha value is -0.260. The summed E-state index contributed by atoms with van der Waals surface area (Å²) in [7, 11) is -7.02. The van der Waals surface area contributed by atoms with Crippen molar-refractivity contribution >= 4 is 20.2 Å². The summed E-state index contributed by atoms with van der Waals surface area (Å²) in [6, 6.07) is 0. The first kappa shape index (κ1) is 14.8. The number of primary sulfonamides is 1. The SMILES string of the molecule is NS(=O)(=O)CCCNS(=O)(=O)N1CCNCC1. The van der Waals surface area contributed by atoms with E-state index in [9.17, 15) is 16.8 Å². The zero-order valence-corrected chi connectivity index (χ0v) is 11.1. The molecule has 1 aliphatic rings. The quantitative estimate of drug-likeness (QED) is 0.462. The molecule has 10 heteroatoms. The highest BCUT2D eigenvalue weighted by atomic mass is 32.2. The molecular formula is C7H18N4O4S2. The summed E-state index contributed by atoms with van der Waals surface area (Å²) in [6.45, 7) is 2.16. The molecule has 0 aromatic carbocycles. The van der Waals surface area contributed by atoms with Gasteiger partial charge in [0.25, 0.3) is 10.2 Å². The fraction of sp³-hybridized carbons (Fsp3) is 1.00. The van der Waals surface area contributed by atoms with Crippen molar-refractivity contribution in [2.24, 2.45) is 5.14 Å². The predicted octanol–water partition coefficient (Wildman–Crippen LogP) is -2.60. The van der Waals surface area contributed by atoms with E-state index in [-0.39, 0.29) is 18.7 Å². The molecule has 0 saturated carbocycles. The van der Waals surface area contributed by atoms with E-state index in [1.54, 1.807) is 0 Å². The summed E-state index contributed by atoms with van der Waals surface area (Å²) in [4.78, 5) is 0. The number of nitrogens with two attached hydrogens (primary N) is 1. The van der Waals surface area contributed by atoms with E-state index in [1.807, 2.05) is 0 Å². The van der Waals surface area contributed by atoms with Crippen LogP contribution in [0.15, 0.2) is 0 Å². The van der Waals surface area contributed by atoms with Crippen LogP contribution in [0.3, 0.4) is 0 Å². The van der Waals surface area contributed by atoms with E-state index in [2.05, 4.69) is 10.0 Å². The highest BCUT2D eigenvalue weighted by Crippen LogP contribution is 1.99. The summed E-state index contributed by atoms with van der Waals surface area (Å²) in [5.74, 6) is -0.225. The van der Waals surface area contributed by atoms with Gasteiger partial charge in [0.2, 0.25) is 10.0 Å². The minimum Gasteiger partial charge on any atom is -0.314 e. The van der Waals surface area contributed by atoms with E-state index >= 15 is 0 Å². The standard InChI is InChI=1S/C7H18N4O4S2/c8-16(12,13)7-1-2-10-17(14,15)11-5-3-9-4-6-11/h9-10H,1-7H2,(H2,8,12,13). The maximum absolute atomic E-state index is 11.7. The minimum atomic E-state index is -3.53. The van der Waals surface area contributed by atoms with Crippen molar-refractivity contribution in [1.29, 1.82) is 0 Å². The summed E-state index contributed by atoms with van der Waals surface area (Å²) < 4.78 is 48.4. The Bertz CT molecular complexity index is 427. The van der Waals surface area contributed by atoms with Gasteiger partial charge in [0.15, 0.2) is 0 Å². The van der Waals surface area contributed by atoms with Gasteiger partial charge < -0.3 is 5.32 Å². The Kier molecular flexibility index (Phi) is 5.28. The molecule has 0 amide bonds. The summed E-state index contributed by atoms with van der Waals surface area (Å²) in [5, 5.41) is 7.85. The van der Waals surface area contributed by atoms with E-state index in [4.69, 9.17) is 5.14 Å². The lowest BCUT2D eigenvalue weighted by Crippen LogP contribution is -2.50. The largest absolute Gasteiger partial charge is 0.314 e. The average molecular weight is 286 g/mol. The molecule has 0 aromatic rings. The third-order valence-corrected chi connectivity index (χ3v) is 4.78. The second-order valence-corrected chi connectivity index (χ2v) is 7.26. The average Bonchev–Trinajstić information content (AvgIpc) is 2.25. The smallest absolute Gasteiger partial charge is 0.279 e. The first-order valence-corrected chi connectivity index (χ1v) is 8.43. The molecule has 1 fully saturated rings. The van der Waals surface area contributed by atoms with Gasteiger partial charge in [-0.1, -0.05) is 0 Å². The van der Waals surface area contributed by atoms with Gasteiger partial charge in [-0.05, 0) is 6.42 Å². The topological polar surface area (TPSA) is 122 Å². The molecule has 8 nitrogen and oxygen atoms in total. The van der Waals surface area contributed by atoms with Crippen molar-refractivity contribution in [3.8, 4) is 0 Å². The van der Waals surface area contributed by atoms with Gasteiger partial charge in [-0.3, -0.25) is 0 Å². The van der Waals surface area contributed by atoms with E-state index in [0.717, 1.165) is 0 Å². The highest BCUT2D eigenvalue weighted by molar-refractivity contribution is 7.89. The molecule has 0 spiro atoms. The molecule has 1 heterocycles. The lowest BCUT2D eigenvalue weighted by molar-refractivity contribution is 0.355. The molecule has 0 bridgehead atoms. The number of hydrogen-bond acceptors (Lipinski definition) is 5. The van der Waals surface area contributed by atoms with Crippen molar-refractivity contribution in [2.75, 3.05) is 38.5 Å². The molecule has 0 aliphatic carbocycles. The molecular weight excluding hydrogens is 268 g/mol. The maximum atomic E-state index is 11.7. The van der Waals surface area contributed by atoms with Gasteiger partial charge in [-0.15, -0.1) is 0 Å². The van der Waals surface area contributed by atoms with E-state index in [1.165, 1.54) is 4.31 Å². The molecule has 0 radical (unpaired) electrons. The zero-order chi connectivity index (χ0) is 12.9. The summed E-state index contributed by atoms with van der Waals surface area (Å²) in [6.07, 6.45) is 0.171.